The van der Waals surface area contributed by atoms with Crippen molar-refractivity contribution >= 4 is 21.7 Å². The van der Waals surface area contributed by atoms with Crippen LogP contribution in [0.1, 0.15) is 5.56 Å². The monoisotopic (exact) mass is 347 g/mol. The fourth-order valence-electron chi connectivity index (χ4n) is 2.36. The van der Waals surface area contributed by atoms with Crippen LogP contribution in [0.15, 0.2) is 47.5 Å². The average Bonchev–Trinajstić information content (AvgIpc) is 2.77. The Hall–Kier alpha value is -2.61. The summed E-state index contributed by atoms with van der Waals surface area (Å²) in [6.45, 7) is 1.29. The molecule has 1 N–H and O–H groups in total. The molecule has 24 heavy (non-hydrogen) atoms. The number of sulfone groups is 1. The molecule has 1 aromatic heterocycles. The highest BCUT2D eigenvalue weighted by molar-refractivity contribution is 7.90. The first-order valence-corrected chi connectivity index (χ1v) is 9.25. The molecule has 0 unspecified atom stereocenters. The molecule has 0 aliphatic carbocycles. The van der Waals surface area contributed by atoms with Gasteiger partial charge in [-0.25, -0.2) is 18.2 Å². The molecular weight excluding hydrogens is 330 g/mol. The first kappa shape index (κ1) is 16.3. The lowest BCUT2D eigenvalue weighted by molar-refractivity contribution is 0.200. The van der Waals surface area contributed by atoms with Crippen molar-refractivity contribution < 1.29 is 17.9 Å². The number of ether oxygens (including phenoxy) is 1. The number of anilines is 1. The Morgan fingerprint density at radius 1 is 1.25 bits per heavy atom. The van der Waals surface area contributed by atoms with Crippen LogP contribution < -0.4 is 10.1 Å². The summed E-state index contributed by atoms with van der Waals surface area (Å²) < 4.78 is 28.5. The molecule has 126 valence electrons. The van der Waals surface area contributed by atoms with Crippen LogP contribution in [-0.4, -0.2) is 43.7 Å². The van der Waals surface area contributed by atoms with Gasteiger partial charge in [0.05, 0.1) is 18.0 Å². The van der Waals surface area contributed by atoms with Gasteiger partial charge in [0.15, 0.2) is 9.84 Å². The quantitative estimate of drug-likeness (QED) is 0.896. The molecule has 1 aliphatic heterocycles. The molecule has 2 heterocycles. The van der Waals surface area contributed by atoms with Crippen molar-refractivity contribution in [1.82, 2.24) is 9.88 Å². The minimum Gasteiger partial charge on any atom is -0.491 e. The Morgan fingerprint density at radius 2 is 2.04 bits per heavy atom. The summed E-state index contributed by atoms with van der Waals surface area (Å²) in [7, 11) is -3.31. The van der Waals surface area contributed by atoms with Gasteiger partial charge in [-0.3, -0.25) is 5.32 Å². The first-order valence-electron chi connectivity index (χ1n) is 7.36. The number of aromatic nitrogens is 1. The van der Waals surface area contributed by atoms with Crippen LogP contribution in [0.5, 0.6) is 5.75 Å². The van der Waals surface area contributed by atoms with E-state index in [0.29, 0.717) is 25.5 Å². The maximum atomic E-state index is 12.4. The smallest absolute Gasteiger partial charge is 0.323 e. The van der Waals surface area contributed by atoms with Gasteiger partial charge in [0, 0.05) is 18.0 Å². The maximum absolute atomic E-state index is 12.4. The van der Waals surface area contributed by atoms with Crippen LogP contribution >= 0.6 is 0 Å². The average molecular weight is 347 g/mol. The predicted molar refractivity (Wildman–Crippen MR) is 88.7 cm³/mol. The molecule has 0 fully saturated rings. The van der Waals surface area contributed by atoms with Gasteiger partial charge in [-0.1, -0.05) is 18.2 Å². The van der Waals surface area contributed by atoms with Gasteiger partial charge in [-0.05, 0) is 18.2 Å². The Morgan fingerprint density at radius 3 is 2.75 bits per heavy atom. The fraction of sp³-hybridized carbons (Fsp3) is 0.250. The van der Waals surface area contributed by atoms with Gasteiger partial charge < -0.3 is 9.64 Å². The van der Waals surface area contributed by atoms with Crippen molar-refractivity contribution in [3.63, 3.8) is 0 Å². The van der Waals surface area contributed by atoms with Crippen molar-refractivity contribution in [2.75, 3.05) is 24.7 Å². The van der Waals surface area contributed by atoms with Crippen molar-refractivity contribution in [2.24, 2.45) is 0 Å². The van der Waals surface area contributed by atoms with Crippen molar-refractivity contribution in [3.05, 3.63) is 48.2 Å². The molecule has 2 amide bonds. The van der Waals surface area contributed by atoms with E-state index in [1.165, 1.54) is 18.3 Å². The minimum absolute atomic E-state index is 0.109. The number of nitrogens with zero attached hydrogens (tertiary/aromatic N) is 2. The Bertz CT molecular complexity index is 850. The number of urea groups is 1. The third-order valence-corrected chi connectivity index (χ3v) is 4.74. The Kier molecular flexibility index (Phi) is 4.39. The fourth-order valence-corrected chi connectivity index (χ4v) is 2.92. The number of amides is 2. The molecule has 2 aromatic rings. The van der Waals surface area contributed by atoms with Crippen LogP contribution in [0.2, 0.25) is 0 Å². The van der Waals surface area contributed by atoms with E-state index in [9.17, 15) is 13.2 Å². The van der Waals surface area contributed by atoms with E-state index in [-0.39, 0.29) is 10.9 Å². The van der Waals surface area contributed by atoms with E-state index >= 15 is 0 Å². The zero-order valence-electron chi connectivity index (χ0n) is 13.1. The lowest BCUT2D eigenvalue weighted by Gasteiger charge is -2.20. The Balaban J connectivity index is 1.71. The van der Waals surface area contributed by atoms with Crippen LogP contribution in [0, 0.1) is 0 Å². The van der Waals surface area contributed by atoms with Crippen LogP contribution in [0.3, 0.4) is 0 Å². The Labute approximate surface area is 140 Å². The minimum atomic E-state index is -3.31. The molecule has 0 radical (unpaired) electrons. The van der Waals surface area contributed by atoms with E-state index in [4.69, 9.17) is 4.74 Å². The van der Waals surface area contributed by atoms with E-state index in [0.717, 1.165) is 17.6 Å². The third kappa shape index (κ3) is 3.65. The molecule has 7 nitrogen and oxygen atoms in total. The number of hydrogen-bond donors (Lipinski definition) is 1. The molecule has 0 saturated heterocycles. The van der Waals surface area contributed by atoms with Crippen LogP contribution in [0.4, 0.5) is 10.6 Å². The summed E-state index contributed by atoms with van der Waals surface area (Å²) in [6.07, 6.45) is 2.34. The standard InChI is InChI=1S/C16H17N3O4S/c1-24(21,22)13-6-7-15(17-10-13)18-16(20)19-8-9-23-14-5-3-2-4-12(14)11-19/h2-7,10H,8-9,11H2,1H3,(H,17,18,20). The number of carbonyl (C=O) groups excluding carboxylic acids is 1. The lowest BCUT2D eigenvalue weighted by Crippen LogP contribution is -2.36. The summed E-state index contributed by atoms with van der Waals surface area (Å²) in [4.78, 5) is 18.1. The summed E-state index contributed by atoms with van der Waals surface area (Å²) in [5, 5.41) is 2.67. The van der Waals surface area contributed by atoms with Gasteiger partial charge in [0.2, 0.25) is 0 Å². The van der Waals surface area contributed by atoms with Crippen LogP contribution in [0.25, 0.3) is 0 Å². The van der Waals surface area contributed by atoms with Gasteiger partial charge in [-0.2, -0.15) is 0 Å². The summed E-state index contributed by atoms with van der Waals surface area (Å²) in [5.41, 5.74) is 0.936. The number of fused-ring (bicyclic) bond motifs is 1. The molecule has 1 aliphatic rings. The van der Waals surface area contributed by atoms with Crippen LogP contribution in [-0.2, 0) is 16.4 Å². The molecule has 0 spiro atoms. The SMILES string of the molecule is CS(=O)(=O)c1ccc(NC(=O)N2CCOc3ccccc3C2)nc1. The van der Waals surface area contributed by atoms with E-state index in [1.54, 1.807) is 4.90 Å². The zero-order chi connectivity index (χ0) is 17.2. The second-order valence-corrected chi connectivity index (χ2v) is 7.47. The number of pyridine rings is 1. The number of carbonyl (C=O) groups is 1. The van der Waals surface area contributed by atoms with Crippen molar-refractivity contribution in [1.29, 1.82) is 0 Å². The number of rotatable bonds is 2. The van der Waals surface area contributed by atoms with E-state index in [1.807, 2.05) is 24.3 Å². The molecule has 0 bridgehead atoms. The molecule has 0 atom stereocenters. The molecule has 3 rings (SSSR count). The largest absolute Gasteiger partial charge is 0.491 e. The van der Waals surface area contributed by atoms with Gasteiger partial charge in [0.1, 0.15) is 18.2 Å². The highest BCUT2D eigenvalue weighted by Crippen LogP contribution is 2.22. The van der Waals surface area contributed by atoms with Crippen molar-refractivity contribution in [2.45, 2.75) is 11.4 Å². The van der Waals surface area contributed by atoms with E-state index in [2.05, 4.69) is 10.3 Å². The lowest BCUT2D eigenvalue weighted by atomic mass is 10.2. The molecule has 1 aromatic carbocycles. The summed E-state index contributed by atoms with van der Waals surface area (Å²) in [6, 6.07) is 10.2. The number of hydrogen-bond acceptors (Lipinski definition) is 5. The summed E-state index contributed by atoms with van der Waals surface area (Å²) >= 11 is 0. The highest BCUT2D eigenvalue weighted by Gasteiger charge is 2.20. The maximum Gasteiger partial charge on any atom is 0.323 e. The van der Waals surface area contributed by atoms with Crippen molar-refractivity contribution in [3.8, 4) is 5.75 Å². The van der Waals surface area contributed by atoms with Gasteiger partial charge >= 0.3 is 6.03 Å². The third-order valence-electron chi connectivity index (χ3n) is 3.64. The number of nitrogens with one attached hydrogen (secondary N) is 1. The number of benzene rings is 1. The molecule has 8 heteroatoms. The second-order valence-electron chi connectivity index (χ2n) is 5.46. The second kappa shape index (κ2) is 6.48. The normalized spacial score (nSPS) is 14.3. The topological polar surface area (TPSA) is 88.6 Å². The molecular formula is C16H17N3O4S. The summed E-state index contributed by atoms with van der Waals surface area (Å²) in [5.74, 6) is 1.08. The highest BCUT2D eigenvalue weighted by atomic mass is 32.2. The van der Waals surface area contributed by atoms with Gasteiger partial charge in [-0.15, -0.1) is 0 Å². The van der Waals surface area contributed by atoms with E-state index < -0.39 is 9.84 Å². The zero-order valence-corrected chi connectivity index (χ0v) is 13.9. The predicted octanol–water partition coefficient (Wildman–Crippen LogP) is 1.91. The van der Waals surface area contributed by atoms with Gasteiger partial charge in [0.25, 0.3) is 0 Å². The first-order chi connectivity index (χ1) is 11.4. The number of para-hydroxylation sites is 1. The molecule has 0 saturated carbocycles.